The van der Waals surface area contributed by atoms with Gasteiger partial charge in [-0.15, -0.1) is 0 Å². The molecule has 1 heterocycles. The second-order valence-electron chi connectivity index (χ2n) is 4.78. The van der Waals surface area contributed by atoms with Crippen LogP contribution in [0.3, 0.4) is 0 Å². The standard InChI is InChI=1S/C15H16ClN3O3/c1-2-18(9-11-4-3-5-12(16)8-11)14(21)10-19-7-6-13(20)17-15(19)22/h3-8H,2,9-10H2,1H3,(H,17,20,22). The number of amides is 1. The summed E-state index contributed by atoms with van der Waals surface area (Å²) in [5.74, 6) is -0.211. The van der Waals surface area contributed by atoms with Crippen LogP contribution in [-0.2, 0) is 17.9 Å². The van der Waals surface area contributed by atoms with E-state index < -0.39 is 11.2 Å². The molecule has 0 unspecified atom stereocenters. The Bertz CT molecular complexity index is 782. The SMILES string of the molecule is CCN(Cc1cccc(Cl)c1)C(=O)Cn1ccc(=O)[nH]c1=O. The Balaban J connectivity index is 2.12. The quantitative estimate of drug-likeness (QED) is 0.900. The summed E-state index contributed by atoms with van der Waals surface area (Å²) < 4.78 is 1.17. The Labute approximate surface area is 132 Å². The maximum absolute atomic E-state index is 12.3. The van der Waals surface area contributed by atoms with E-state index in [0.29, 0.717) is 18.1 Å². The van der Waals surface area contributed by atoms with Crippen LogP contribution in [-0.4, -0.2) is 26.9 Å². The third-order valence-corrected chi connectivity index (χ3v) is 3.43. The first-order valence-electron chi connectivity index (χ1n) is 6.81. The van der Waals surface area contributed by atoms with Crippen LogP contribution in [0.4, 0.5) is 0 Å². The van der Waals surface area contributed by atoms with Gasteiger partial charge in [-0.25, -0.2) is 4.79 Å². The predicted molar refractivity (Wildman–Crippen MR) is 83.9 cm³/mol. The number of aromatic nitrogens is 2. The number of likely N-dealkylation sites (N-methyl/N-ethyl adjacent to an activating group) is 1. The van der Waals surface area contributed by atoms with Crippen LogP contribution in [0.1, 0.15) is 12.5 Å². The maximum Gasteiger partial charge on any atom is 0.328 e. The molecule has 0 aliphatic heterocycles. The van der Waals surface area contributed by atoms with Crippen LogP contribution in [0.2, 0.25) is 5.02 Å². The number of benzene rings is 1. The Morgan fingerprint density at radius 1 is 1.32 bits per heavy atom. The molecule has 0 saturated carbocycles. The van der Waals surface area contributed by atoms with Crippen molar-refractivity contribution in [2.75, 3.05) is 6.54 Å². The number of H-pyrrole nitrogens is 1. The van der Waals surface area contributed by atoms with Gasteiger partial charge in [-0.3, -0.25) is 19.1 Å². The zero-order valence-corrected chi connectivity index (χ0v) is 12.8. The largest absolute Gasteiger partial charge is 0.337 e. The van der Waals surface area contributed by atoms with E-state index in [2.05, 4.69) is 4.98 Å². The van der Waals surface area contributed by atoms with Crippen molar-refractivity contribution < 1.29 is 4.79 Å². The van der Waals surface area contributed by atoms with Gasteiger partial charge in [-0.1, -0.05) is 23.7 Å². The highest BCUT2D eigenvalue weighted by Gasteiger charge is 2.13. The summed E-state index contributed by atoms with van der Waals surface area (Å²) >= 11 is 5.93. The highest BCUT2D eigenvalue weighted by molar-refractivity contribution is 6.30. The average molecular weight is 322 g/mol. The molecule has 0 saturated heterocycles. The maximum atomic E-state index is 12.3. The van der Waals surface area contributed by atoms with E-state index in [0.717, 1.165) is 5.56 Å². The van der Waals surface area contributed by atoms with E-state index in [-0.39, 0.29) is 12.5 Å². The summed E-state index contributed by atoms with van der Waals surface area (Å²) in [5, 5.41) is 0.609. The summed E-state index contributed by atoms with van der Waals surface area (Å²) in [6.07, 6.45) is 1.31. The van der Waals surface area contributed by atoms with Gasteiger partial charge < -0.3 is 4.90 Å². The normalized spacial score (nSPS) is 10.5. The molecule has 1 N–H and O–H groups in total. The number of nitrogens with one attached hydrogen (secondary N) is 1. The highest BCUT2D eigenvalue weighted by atomic mass is 35.5. The predicted octanol–water partition coefficient (Wildman–Crippen LogP) is 1.24. The van der Waals surface area contributed by atoms with Crippen molar-refractivity contribution in [3.8, 4) is 0 Å². The van der Waals surface area contributed by atoms with Crippen LogP contribution >= 0.6 is 11.6 Å². The Hall–Kier alpha value is -2.34. The van der Waals surface area contributed by atoms with Crippen molar-refractivity contribution in [3.63, 3.8) is 0 Å². The molecule has 1 aromatic carbocycles. The highest BCUT2D eigenvalue weighted by Crippen LogP contribution is 2.12. The minimum atomic E-state index is -0.598. The zero-order valence-electron chi connectivity index (χ0n) is 12.1. The van der Waals surface area contributed by atoms with Crippen LogP contribution in [0, 0.1) is 0 Å². The molecule has 0 atom stereocenters. The molecule has 0 aliphatic carbocycles. The van der Waals surface area contributed by atoms with E-state index >= 15 is 0 Å². The second-order valence-corrected chi connectivity index (χ2v) is 5.21. The molecule has 7 heteroatoms. The van der Waals surface area contributed by atoms with Gasteiger partial charge in [0.2, 0.25) is 5.91 Å². The summed E-state index contributed by atoms with van der Waals surface area (Å²) in [7, 11) is 0. The van der Waals surface area contributed by atoms with Gasteiger partial charge in [0, 0.05) is 30.4 Å². The number of nitrogens with zero attached hydrogens (tertiary/aromatic N) is 2. The van der Waals surface area contributed by atoms with Crippen LogP contribution in [0.15, 0.2) is 46.1 Å². The average Bonchev–Trinajstić information content (AvgIpc) is 2.47. The van der Waals surface area contributed by atoms with Crippen molar-refractivity contribution in [1.29, 1.82) is 0 Å². The summed E-state index contributed by atoms with van der Waals surface area (Å²) in [5.41, 5.74) is -0.170. The first-order chi connectivity index (χ1) is 10.5. The van der Waals surface area contributed by atoms with Gasteiger partial charge in [0.05, 0.1) is 0 Å². The van der Waals surface area contributed by atoms with Crippen LogP contribution < -0.4 is 11.2 Å². The first-order valence-corrected chi connectivity index (χ1v) is 7.19. The molecule has 0 aliphatic rings. The summed E-state index contributed by atoms with van der Waals surface area (Å²) in [6, 6.07) is 8.48. The number of hydrogen-bond acceptors (Lipinski definition) is 3. The van der Waals surface area contributed by atoms with Crippen molar-refractivity contribution >= 4 is 17.5 Å². The smallest absolute Gasteiger partial charge is 0.328 e. The van der Waals surface area contributed by atoms with E-state index in [1.165, 1.54) is 16.8 Å². The number of carbonyl (C=O) groups excluding carboxylic acids is 1. The molecule has 2 rings (SSSR count). The van der Waals surface area contributed by atoms with Gasteiger partial charge in [0.1, 0.15) is 6.54 Å². The molecular weight excluding hydrogens is 306 g/mol. The third-order valence-electron chi connectivity index (χ3n) is 3.20. The molecule has 6 nitrogen and oxygen atoms in total. The van der Waals surface area contributed by atoms with Gasteiger partial charge in [-0.2, -0.15) is 0 Å². The van der Waals surface area contributed by atoms with Crippen LogP contribution in [0.25, 0.3) is 0 Å². The van der Waals surface area contributed by atoms with E-state index in [9.17, 15) is 14.4 Å². The Morgan fingerprint density at radius 3 is 2.73 bits per heavy atom. The van der Waals surface area contributed by atoms with Gasteiger partial charge in [-0.05, 0) is 24.6 Å². The van der Waals surface area contributed by atoms with E-state index in [1.54, 1.807) is 17.0 Å². The molecule has 0 radical (unpaired) electrons. The van der Waals surface area contributed by atoms with Crippen molar-refractivity contribution in [2.45, 2.75) is 20.0 Å². The number of aromatic amines is 1. The fourth-order valence-corrected chi connectivity index (χ4v) is 2.26. The summed E-state index contributed by atoms with van der Waals surface area (Å²) in [4.78, 5) is 38.7. The minimum Gasteiger partial charge on any atom is -0.337 e. The molecular formula is C15H16ClN3O3. The monoisotopic (exact) mass is 321 g/mol. The van der Waals surface area contributed by atoms with Crippen molar-refractivity contribution in [2.24, 2.45) is 0 Å². The first kappa shape index (κ1) is 16.0. The van der Waals surface area contributed by atoms with Gasteiger partial charge in [0.25, 0.3) is 5.56 Å². The topological polar surface area (TPSA) is 75.2 Å². The molecule has 116 valence electrons. The lowest BCUT2D eigenvalue weighted by atomic mass is 10.2. The number of halogens is 1. The molecule has 2 aromatic rings. The van der Waals surface area contributed by atoms with Gasteiger partial charge in [0.15, 0.2) is 0 Å². The molecule has 0 spiro atoms. The van der Waals surface area contributed by atoms with Crippen LogP contribution in [0.5, 0.6) is 0 Å². The fourth-order valence-electron chi connectivity index (χ4n) is 2.05. The lowest BCUT2D eigenvalue weighted by Crippen LogP contribution is -2.37. The van der Waals surface area contributed by atoms with E-state index in [1.807, 2.05) is 19.1 Å². The summed E-state index contributed by atoms with van der Waals surface area (Å²) in [6.45, 7) is 2.65. The second kappa shape index (κ2) is 7.09. The molecule has 22 heavy (non-hydrogen) atoms. The number of hydrogen-bond donors (Lipinski definition) is 1. The molecule has 0 fully saturated rings. The molecule has 0 bridgehead atoms. The van der Waals surface area contributed by atoms with Crippen molar-refractivity contribution in [3.05, 3.63) is 68.0 Å². The minimum absolute atomic E-state index is 0.121. The van der Waals surface area contributed by atoms with Crippen molar-refractivity contribution in [1.82, 2.24) is 14.5 Å². The number of rotatable bonds is 5. The lowest BCUT2D eigenvalue weighted by molar-refractivity contribution is -0.132. The third kappa shape index (κ3) is 4.08. The molecule has 1 aromatic heterocycles. The van der Waals surface area contributed by atoms with Gasteiger partial charge >= 0.3 is 5.69 Å². The Kier molecular flexibility index (Phi) is 5.16. The zero-order chi connectivity index (χ0) is 16.1. The Morgan fingerprint density at radius 2 is 2.09 bits per heavy atom. The molecule has 1 amide bonds. The number of carbonyl (C=O) groups is 1. The van der Waals surface area contributed by atoms with E-state index in [4.69, 9.17) is 11.6 Å². The fraction of sp³-hybridized carbons (Fsp3) is 0.267. The lowest BCUT2D eigenvalue weighted by Gasteiger charge is -2.21.